The Bertz CT molecular complexity index is 453. The third kappa shape index (κ3) is 2.58. The first-order chi connectivity index (χ1) is 8.50. The van der Waals surface area contributed by atoms with Crippen LogP contribution in [-0.4, -0.2) is 22.9 Å². The van der Waals surface area contributed by atoms with Crippen molar-refractivity contribution in [2.75, 3.05) is 0 Å². The molecule has 1 aliphatic heterocycles. The highest BCUT2D eigenvalue weighted by Crippen LogP contribution is 2.26. The summed E-state index contributed by atoms with van der Waals surface area (Å²) in [5.41, 5.74) is 0.166. The van der Waals surface area contributed by atoms with Gasteiger partial charge in [0.05, 0.1) is 5.56 Å². The smallest absolute Gasteiger partial charge is 0.257 e. The maximum absolute atomic E-state index is 13.8. The van der Waals surface area contributed by atoms with E-state index in [4.69, 9.17) is 0 Å². The van der Waals surface area contributed by atoms with Crippen molar-refractivity contribution >= 4 is 21.8 Å². The molecule has 0 bridgehead atoms. The predicted octanol–water partition coefficient (Wildman–Crippen LogP) is 3.99. The van der Waals surface area contributed by atoms with Crippen LogP contribution in [0, 0.1) is 5.82 Å². The zero-order chi connectivity index (χ0) is 13.3. The molecule has 0 N–H and O–H groups in total. The van der Waals surface area contributed by atoms with Gasteiger partial charge >= 0.3 is 0 Å². The Balaban J connectivity index is 2.29. The van der Waals surface area contributed by atoms with E-state index in [0.717, 1.165) is 19.3 Å². The van der Waals surface area contributed by atoms with Gasteiger partial charge in [-0.1, -0.05) is 15.9 Å². The van der Waals surface area contributed by atoms with E-state index in [1.54, 1.807) is 12.1 Å². The molecule has 1 aromatic carbocycles. The maximum atomic E-state index is 13.8. The number of piperidine rings is 1. The van der Waals surface area contributed by atoms with Gasteiger partial charge in [0.25, 0.3) is 5.91 Å². The molecule has 0 unspecified atom stereocenters. The van der Waals surface area contributed by atoms with Crippen LogP contribution < -0.4 is 0 Å². The molecule has 0 spiro atoms. The van der Waals surface area contributed by atoms with Gasteiger partial charge in [-0.05, 0) is 51.3 Å². The molecule has 2 atom stereocenters. The molecule has 1 fully saturated rings. The monoisotopic (exact) mass is 313 g/mol. The summed E-state index contributed by atoms with van der Waals surface area (Å²) in [4.78, 5) is 14.2. The van der Waals surface area contributed by atoms with Crippen molar-refractivity contribution in [1.29, 1.82) is 0 Å². The van der Waals surface area contributed by atoms with Crippen molar-refractivity contribution in [2.45, 2.75) is 45.2 Å². The van der Waals surface area contributed by atoms with Gasteiger partial charge in [-0.25, -0.2) is 4.39 Å². The van der Waals surface area contributed by atoms with Crippen molar-refractivity contribution in [3.63, 3.8) is 0 Å². The quantitative estimate of drug-likeness (QED) is 0.767. The van der Waals surface area contributed by atoms with Crippen LogP contribution in [0.1, 0.15) is 43.5 Å². The zero-order valence-corrected chi connectivity index (χ0v) is 12.2. The van der Waals surface area contributed by atoms with E-state index in [2.05, 4.69) is 15.9 Å². The zero-order valence-electron chi connectivity index (χ0n) is 10.6. The van der Waals surface area contributed by atoms with Crippen molar-refractivity contribution in [3.8, 4) is 0 Å². The Kier molecular flexibility index (Phi) is 4.05. The minimum atomic E-state index is -0.459. The molecule has 0 saturated carbocycles. The topological polar surface area (TPSA) is 20.3 Å². The lowest BCUT2D eigenvalue weighted by Gasteiger charge is -2.39. The maximum Gasteiger partial charge on any atom is 0.257 e. The summed E-state index contributed by atoms with van der Waals surface area (Å²) in [6.45, 7) is 4.06. The predicted molar refractivity (Wildman–Crippen MR) is 73.0 cm³/mol. The second-order valence-electron chi connectivity index (χ2n) is 4.97. The second-order valence-corrected chi connectivity index (χ2v) is 5.88. The van der Waals surface area contributed by atoms with Crippen LogP contribution in [0.2, 0.25) is 0 Å². The van der Waals surface area contributed by atoms with Crippen molar-refractivity contribution in [2.24, 2.45) is 0 Å². The average molecular weight is 314 g/mol. The molecule has 4 heteroatoms. The van der Waals surface area contributed by atoms with Crippen molar-refractivity contribution in [3.05, 3.63) is 34.1 Å². The van der Waals surface area contributed by atoms with Gasteiger partial charge in [-0.3, -0.25) is 4.79 Å². The molecule has 1 aliphatic rings. The third-order valence-electron chi connectivity index (χ3n) is 3.59. The minimum Gasteiger partial charge on any atom is -0.333 e. The fraction of sp³-hybridized carbons (Fsp3) is 0.500. The summed E-state index contributed by atoms with van der Waals surface area (Å²) in [6, 6.07) is 4.96. The average Bonchev–Trinajstić information content (AvgIpc) is 2.28. The molecule has 0 aliphatic carbocycles. The van der Waals surface area contributed by atoms with Crippen molar-refractivity contribution in [1.82, 2.24) is 4.90 Å². The van der Waals surface area contributed by atoms with E-state index in [0.29, 0.717) is 4.47 Å². The van der Waals surface area contributed by atoms with E-state index < -0.39 is 5.82 Å². The first-order valence-electron chi connectivity index (χ1n) is 6.28. The van der Waals surface area contributed by atoms with Crippen LogP contribution in [-0.2, 0) is 0 Å². The molecular formula is C14H17BrFNO. The summed E-state index contributed by atoms with van der Waals surface area (Å²) in [7, 11) is 0. The summed E-state index contributed by atoms with van der Waals surface area (Å²) < 4.78 is 14.5. The van der Waals surface area contributed by atoms with E-state index in [9.17, 15) is 9.18 Å². The van der Waals surface area contributed by atoms with Gasteiger partial charge in [0, 0.05) is 16.6 Å². The van der Waals surface area contributed by atoms with Gasteiger partial charge in [-0.15, -0.1) is 0 Å². The van der Waals surface area contributed by atoms with E-state index in [-0.39, 0.29) is 23.6 Å². The van der Waals surface area contributed by atoms with Gasteiger partial charge in [0.15, 0.2) is 0 Å². The van der Waals surface area contributed by atoms with Crippen molar-refractivity contribution < 1.29 is 9.18 Å². The molecule has 0 aromatic heterocycles. The van der Waals surface area contributed by atoms with E-state index in [1.165, 1.54) is 6.07 Å². The Morgan fingerprint density at radius 2 is 1.94 bits per heavy atom. The van der Waals surface area contributed by atoms with Crippen LogP contribution >= 0.6 is 15.9 Å². The van der Waals surface area contributed by atoms with E-state index >= 15 is 0 Å². The number of carbonyl (C=O) groups is 1. The first kappa shape index (κ1) is 13.5. The van der Waals surface area contributed by atoms with Crippen LogP contribution in [0.15, 0.2) is 22.7 Å². The summed E-state index contributed by atoms with van der Waals surface area (Å²) in [5, 5.41) is 0. The largest absolute Gasteiger partial charge is 0.333 e. The van der Waals surface area contributed by atoms with Crippen LogP contribution in [0.3, 0.4) is 0 Å². The fourth-order valence-electron chi connectivity index (χ4n) is 2.62. The number of halogens is 2. The van der Waals surface area contributed by atoms with Crippen LogP contribution in [0.4, 0.5) is 4.39 Å². The molecule has 1 aromatic rings. The van der Waals surface area contributed by atoms with Gasteiger partial charge in [0.1, 0.15) is 5.82 Å². The molecule has 98 valence electrons. The number of carbonyl (C=O) groups excluding carboxylic acids is 1. The fourth-order valence-corrected chi connectivity index (χ4v) is 2.96. The Labute approximate surface area is 115 Å². The SMILES string of the molecule is C[C@@H]1CCC[C@H](C)N1C(=O)c1ccc(Br)cc1F. The highest BCUT2D eigenvalue weighted by Gasteiger charge is 2.30. The molecule has 2 nitrogen and oxygen atoms in total. The summed E-state index contributed by atoms with van der Waals surface area (Å²) >= 11 is 3.20. The molecule has 1 saturated heterocycles. The second kappa shape index (κ2) is 5.39. The lowest BCUT2D eigenvalue weighted by Crippen LogP contribution is -2.47. The molecule has 1 heterocycles. The van der Waals surface area contributed by atoms with Crippen LogP contribution in [0.25, 0.3) is 0 Å². The number of benzene rings is 1. The molecular weight excluding hydrogens is 297 g/mol. The number of rotatable bonds is 1. The Morgan fingerprint density at radius 3 is 2.50 bits per heavy atom. The normalized spacial score (nSPS) is 24.1. The van der Waals surface area contributed by atoms with Gasteiger partial charge in [-0.2, -0.15) is 0 Å². The first-order valence-corrected chi connectivity index (χ1v) is 7.07. The van der Waals surface area contributed by atoms with Gasteiger partial charge < -0.3 is 4.90 Å². The Morgan fingerprint density at radius 1 is 1.33 bits per heavy atom. The number of hydrogen-bond donors (Lipinski definition) is 0. The summed E-state index contributed by atoms with van der Waals surface area (Å²) in [6.07, 6.45) is 3.12. The molecule has 18 heavy (non-hydrogen) atoms. The van der Waals surface area contributed by atoms with Gasteiger partial charge in [0.2, 0.25) is 0 Å². The summed E-state index contributed by atoms with van der Waals surface area (Å²) in [5.74, 6) is -0.654. The lowest BCUT2D eigenvalue weighted by molar-refractivity contribution is 0.0506. The number of hydrogen-bond acceptors (Lipinski definition) is 1. The lowest BCUT2D eigenvalue weighted by atomic mass is 9.96. The van der Waals surface area contributed by atoms with E-state index in [1.807, 2.05) is 18.7 Å². The highest BCUT2D eigenvalue weighted by molar-refractivity contribution is 9.10. The molecule has 2 rings (SSSR count). The number of nitrogens with zero attached hydrogens (tertiary/aromatic N) is 1. The molecule has 1 amide bonds. The Hall–Kier alpha value is -0.900. The molecule has 0 radical (unpaired) electrons. The minimum absolute atomic E-state index is 0.166. The van der Waals surface area contributed by atoms with Crippen LogP contribution in [0.5, 0.6) is 0 Å². The standard InChI is InChI=1S/C14H17BrFNO/c1-9-4-3-5-10(2)17(9)14(18)12-7-6-11(15)8-13(12)16/h6-10H,3-5H2,1-2H3/t9-,10+. The highest BCUT2D eigenvalue weighted by atomic mass is 79.9. The third-order valence-corrected chi connectivity index (χ3v) is 4.08. The number of amides is 1. The number of likely N-dealkylation sites (tertiary alicyclic amines) is 1.